The van der Waals surface area contributed by atoms with E-state index in [9.17, 15) is 4.79 Å². The van der Waals surface area contributed by atoms with Crippen molar-refractivity contribution in [2.75, 3.05) is 33.9 Å². The zero-order valence-electron chi connectivity index (χ0n) is 12.7. The van der Waals surface area contributed by atoms with Crippen molar-refractivity contribution in [2.45, 2.75) is 25.4 Å². The minimum atomic E-state index is 0.0136. The Morgan fingerprint density at radius 3 is 2.67 bits per heavy atom. The number of methoxy groups -OCH3 is 2. The van der Waals surface area contributed by atoms with Crippen molar-refractivity contribution in [2.24, 2.45) is 0 Å². The van der Waals surface area contributed by atoms with E-state index in [1.54, 1.807) is 32.4 Å². The van der Waals surface area contributed by atoms with Crippen molar-refractivity contribution in [3.63, 3.8) is 0 Å². The van der Waals surface area contributed by atoms with Crippen LogP contribution in [0.15, 0.2) is 18.2 Å². The lowest BCUT2D eigenvalue weighted by Gasteiger charge is -2.22. The van der Waals surface area contributed by atoms with Crippen LogP contribution in [0.2, 0.25) is 0 Å². The van der Waals surface area contributed by atoms with E-state index in [2.05, 4.69) is 5.32 Å². The number of piperidine rings is 1. The van der Waals surface area contributed by atoms with E-state index in [1.165, 1.54) is 0 Å². The molecule has 21 heavy (non-hydrogen) atoms. The highest BCUT2D eigenvalue weighted by molar-refractivity contribution is 5.99. The Morgan fingerprint density at radius 2 is 2.00 bits per heavy atom. The zero-order valence-corrected chi connectivity index (χ0v) is 12.7. The second kappa shape index (κ2) is 8.00. The SMILES string of the molecule is COc1ccc(OC)c(C(=O)CCOC2CCNCC2)c1. The Labute approximate surface area is 125 Å². The first-order valence-electron chi connectivity index (χ1n) is 7.32. The van der Waals surface area contributed by atoms with Crippen molar-refractivity contribution in [3.8, 4) is 11.5 Å². The van der Waals surface area contributed by atoms with Crippen LogP contribution >= 0.6 is 0 Å². The molecule has 1 aromatic rings. The van der Waals surface area contributed by atoms with Crippen LogP contribution in [-0.2, 0) is 4.74 Å². The van der Waals surface area contributed by atoms with Crippen molar-refractivity contribution in [3.05, 3.63) is 23.8 Å². The summed E-state index contributed by atoms with van der Waals surface area (Å²) in [6.45, 7) is 2.43. The lowest BCUT2D eigenvalue weighted by Crippen LogP contribution is -2.32. The first kappa shape index (κ1) is 15.8. The average Bonchev–Trinajstić information content (AvgIpc) is 2.55. The van der Waals surface area contributed by atoms with Crippen molar-refractivity contribution < 1.29 is 19.0 Å². The molecule has 2 rings (SSSR count). The third kappa shape index (κ3) is 4.44. The molecule has 116 valence electrons. The molecule has 1 aliphatic rings. The number of ether oxygens (including phenoxy) is 3. The summed E-state index contributed by atoms with van der Waals surface area (Å²) in [6.07, 6.45) is 2.65. The van der Waals surface area contributed by atoms with Gasteiger partial charge in [-0.15, -0.1) is 0 Å². The van der Waals surface area contributed by atoms with E-state index in [1.807, 2.05) is 0 Å². The highest BCUT2D eigenvalue weighted by Crippen LogP contribution is 2.25. The number of rotatable bonds is 7. The third-order valence-electron chi connectivity index (χ3n) is 3.68. The highest BCUT2D eigenvalue weighted by Gasteiger charge is 2.16. The van der Waals surface area contributed by atoms with Gasteiger partial charge in [-0.3, -0.25) is 4.79 Å². The van der Waals surface area contributed by atoms with Gasteiger partial charge in [0.25, 0.3) is 0 Å². The molecule has 1 heterocycles. The van der Waals surface area contributed by atoms with Gasteiger partial charge in [0.15, 0.2) is 5.78 Å². The summed E-state index contributed by atoms with van der Waals surface area (Å²) in [5.41, 5.74) is 0.547. The van der Waals surface area contributed by atoms with Crippen LogP contribution in [0, 0.1) is 0 Å². The van der Waals surface area contributed by atoms with E-state index in [0.717, 1.165) is 25.9 Å². The van der Waals surface area contributed by atoms with Crippen LogP contribution in [-0.4, -0.2) is 45.8 Å². The lowest BCUT2D eigenvalue weighted by molar-refractivity contribution is 0.0313. The smallest absolute Gasteiger partial charge is 0.169 e. The molecular formula is C16H23NO4. The molecule has 5 nitrogen and oxygen atoms in total. The summed E-state index contributed by atoms with van der Waals surface area (Å²) in [7, 11) is 3.14. The maximum Gasteiger partial charge on any atom is 0.169 e. The van der Waals surface area contributed by atoms with E-state index >= 15 is 0 Å². The van der Waals surface area contributed by atoms with Crippen LogP contribution in [0.25, 0.3) is 0 Å². The summed E-state index contributed by atoms with van der Waals surface area (Å²) in [6, 6.07) is 5.24. The quantitative estimate of drug-likeness (QED) is 0.780. The largest absolute Gasteiger partial charge is 0.497 e. The molecule has 0 unspecified atom stereocenters. The predicted octanol–water partition coefficient (Wildman–Crippen LogP) is 2.05. The fourth-order valence-corrected chi connectivity index (χ4v) is 2.45. The number of ketones is 1. The van der Waals surface area contributed by atoms with Crippen LogP contribution in [0.1, 0.15) is 29.6 Å². The van der Waals surface area contributed by atoms with Crippen LogP contribution in [0.3, 0.4) is 0 Å². The van der Waals surface area contributed by atoms with Gasteiger partial charge in [0.2, 0.25) is 0 Å². The molecule has 0 aliphatic carbocycles. The average molecular weight is 293 g/mol. The van der Waals surface area contributed by atoms with Gasteiger partial charge < -0.3 is 19.5 Å². The van der Waals surface area contributed by atoms with Gasteiger partial charge in [-0.05, 0) is 44.1 Å². The predicted molar refractivity (Wildman–Crippen MR) is 80.3 cm³/mol. The van der Waals surface area contributed by atoms with E-state index in [4.69, 9.17) is 14.2 Å². The summed E-state index contributed by atoms with van der Waals surface area (Å²) >= 11 is 0. The monoisotopic (exact) mass is 293 g/mol. The number of benzene rings is 1. The standard InChI is InChI=1S/C16H23NO4/c1-19-13-3-4-16(20-2)14(11-13)15(18)7-10-21-12-5-8-17-9-6-12/h3-4,11-12,17H,5-10H2,1-2H3. The van der Waals surface area contributed by atoms with Gasteiger partial charge in [0.1, 0.15) is 11.5 Å². The molecular weight excluding hydrogens is 270 g/mol. The molecule has 5 heteroatoms. The second-order valence-corrected chi connectivity index (χ2v) is 5.06. The molecule has 0 bridgehead atoms. The minimum Gasteiger partial charge on any atom is -0.497 e. The summed E-state index contributed by atoms with van der Waals surface area (Å²) < 4.78 is 16.2. The zero-order chi connectivity index (χ0) is 15.1. The molecule has 1 saturated heterocycles. The maximum absolute atomic E-state index is 12.3. The van der Waals surface area contributed by atoms with Gasteiger partial charge in [-0.1, -0.05) is 0 Å². The Kier molecular flexibility index (Phi) is 6.02. The third-order valence-corrected chi connectivity index (χ3v) is 3.68. The molecule has 0 atom stereocenters. The second-order valence-electron chi connectivity index (χ2n) is 5.06. The Balaban J connectivity index is 1.89. The van der Waals surface area contributed by atoms with Gasteiger partial charge >= 0.3 is 0 Å². The van der Waals surface area contributed by atoms with Crippen LogP contribution < -0.4 is 14.8 Å². The normalized spacial score (nSPS) is 15.7. The molecule has 1 aliphatic heterocycles. The Hall–Kier alpha value is -1.59. The van der Waals surface area contributed by atoms with E-state index in [-0.39, 0.29) is 11.9 Å². The van der Waals surface area contributed by atoms with E-state index in [0.29, 0.717) is 30.1 Å². The molecule has 0 amide bonds. The number of Topliss-reactive ketones (excluding diaryl/α,β-unsaturated/α-hetero) is 1. The van der Waals surface area contributed by atoms with Gasteiger partial charge in [0, 0.05) is 6.42 Å². The number of carbonyl (C=O) groups excluding carboxylic acids is 1. The molecule has 1 aromatic carbocycles. The molecule has 0 aromatic heterocycles. The van der Waals surface area contributed by atoms with Crippen molar-refractivity contribution >= 4 is 5.78 Å². The highest BCUT2D eigenvalue weighted by atomic mass is 16.5. The van der Waals surface area contributed by atoms with Crippen molar-refractivity contribution in [1.29, 1.82) is 0 Å². The minimum absolute atomic E-state index is 0.0136. The van der Waals surface area contributed by atoms with Gasteiger partial charge in [-0.25, -0.2) is 0 Å². The molecule has 0 radical (unpaired) electrons. The topological polar surface area (TPSA) is 56.8 Å². The Morgan fingerprint density at radius 1 is 1.24 bits per heavy atom. The summed E-state index contributed by atoms with van der Waals surface area (Å²) in [5.74, 6) is 1.24. The number of hydrogen-bond acceptors (Lipinski definition) is 5. The fraction of sp³-hybridized carbons (Fsp3) is 0.562. The molecule has 0 saturated carbocycles. The maximum atomic E-state index is 12.3. The molecule has 1 fully saturated rings. The molecule has 1 N–H and O–H groups in total. The first-order valence-corrected chi connectivity index (χ1v) is 7.32. The lowest BCUT2D eigenvalue weighted by atomic mass is 10.1. The fourth-order valence-electron chi connectivity index (χ4n) is 2.45. The van der Waals surface area contributed by atoms with Gasteiger partial charge in [0.05, 0.1) is 32.5 Å². The van der Waals surface area contributed by atoms with E-state index < -0.39 is 0 Å². The Bertz CT molecular complexity index is 469. The summed E-state index contributed by atoms with van der Waals surface area (Å²) in [4.78, 5) is 12.3. The number of carbonyl (C=O) groups is 1. The van der Waals surface area contributed by atoms with Crippen LogP contribution in [0.5, 0.6) is 11.5 Å². The molecule has 0 spiro atoms. The number of hydrogen-bond donors (Lipinski definition) is 1. The first-order chi connectivity index (χ1) is 10.2. The van der Waals surface area contributed by atoms with Crippen LogP contribution in [0.4, 0.5) is 0 Å². The number of nitrogens with one attached hydrogen (secondary N) is 1. The van der Waals surface area contributed by atoms with Gasteiger partial charge in [-0.2, -0.15) is 0 Å². The summed E-state index contributed by atoms with van der Waals surface area (Å²) in [5, 5.41) is 3.29. The van der Waals surface area contributed by atoms with Crippen molar-refractivity contribution in [1.82, 2.24) is 5.32 Å².